The molecule has 0 radical (unpaired) electrons. The van der Waals surface area contributed by atoms with Crippen LogP contribution in [0, 0.1) is 5.92 Å². The predicted molar refractivity (Wildman–Crippen MR) is 90.9 cm³/mol. The number of hydrogen-bond acceptors (Lipinski definition) is 3. The summed E-state index contributed by atoms with van der Waals surface area (Å²) in [5.41, 5.74) is 1.38. The zero-order valence-electron chi connectivity index (χ0n) is 12.3. The number of halogens is 1. The molecular weight excluding hydrogens is 304 g/mol. The van der Waals surface area contributed by atoms with E-state index in [1.807, 2.05) is 11.8 Å². The van der Waals surface area contributed by atoms with Crippen LogP contribution in [0.1, 0.15) is 18.9 Å². The second-order valence-corrected chi connectivity index (χ2v) is 6.81. The lowest BCUT2D eigenvalue weighted by atomic mass is 9.93. The van der Waals surface area contributed by atoms with E-state index in [9.17, 15) is 4.79 Å². The van der Waals surface area contributed by atoms with E-state index in [0.717, 1.165) is 31.0 Å². The first-order valence-corrected chi connectivity index (χ1v) is 8.56. The molecular formula is C16H23ClN2OS. The Bertz CT molecular complexity index is 465. The lowest BCUT2D eigenvalue weighted by Gasteiger charge is -2.27. The molecule has 0 saturated carbocycles. The van der Waals surface area contributed by atoms with Crippen molar-refractivity contribution in [1.82, 2.24) is 10.2 Å². The molecule has 2 aliphatic heterocycles. The number of rotatable bonds is 3. The van der Waals surface area contributed by atoms with Gasteiger partial charge in [-0.1, -0.05) is 30.3 Å². The van der Waals surface area contributed by atoms with Crippen LogP contribution < -0.4 is 5.32 Å². The van der Waals surface area contributed by atoms with Crippen LogP contribution in [0.15, 0.2) is 30.3 Å². The Balaban J connectivity index is 0.00000161. The highest BCUT2D eigenvalue weighted by atomic mass is 35.5. The number of carbonyl (C=O) groups is 1. The number of hydrogen-bond donors (Lipinski definition) is 1. The van der Waals surface area contributed by atoms with E-state index in [1.165, 1.54) is 5.56 Å². The molecule has 0 aromatic heterocycles. The van der Waals surface area contributed by atoms with E-state index in [4.69, 9.17) is 0 Å². The molecule has 3 nitrogen and oxygen atoms in total. The fourth-order valence-corrected chi connectivity index (χ4v) is 4.19. The maximum atomic E-state index is 12.5. The maximum Gasteiger partial charge on any atom is 0.240 e. The summed E-state index contributed by atoms with van der Waals surface area (Å²) in [6.07, 6.45) is 2.21. The van der Waals surface area contributed by atoms with Gasteiger partial charge < -0.3 is 4.90 Å². The molecule has 1 aromatic rings. The van der Waals surface area contributed by atoms with E-state index in [0.29, 0.717) is 17.9 Å². The van der Waals surface area contributed by atoms with Crippen molar-refractivity contribution < 1.29 is 4.79 Å². The third-order valence-corrected chi connectivity index (χ3v) is 5.49. The van der Waals surface area contributed by atoms with Crippen molar-refractivity contribution in [2.24, 2.45) is 5.92 Å². The highest BCUT2D eigenvalue weighted by molar-refractivity contribution is 7.99. The Labute approximate surface area is 137 Å². The van der Waals surface area contributed by atoms with Crippen LogP contribution in [0.25, 0.3) is 0 Å². The van der Waals surface area contributed by atoms with E-state index >= 15 is 0 Å². The Morgan fingerprint density at radius 1 is 1.38 bits per heavy atom. The lowest BCUT2D eigenvalue weighted by Crippen LogP contribution is -2.47. The van der Waals surface area contributed by atoms with Gasteiger partial charge in [0, 0.05) is 24.2 Å². The minimum Gasteiger partial charge on any atom is -0.338 e. The molecule has 2 saturated heterocycles. The third kappa shape index (κ3) is 3.74. The standard InChI is InChI=1S/C16H22N2OS.ClH/c1-12-14(9-13-5-3-2-4-6-13)7-8-18(12)16(19)15-10-20-11-17-15;/h2-6,12,14-15,17H,7-11H2,1H3;1H/t12?,14?,15-;/m1./s1. The van der Waals surface area contributed by atoms with Crippen LogP contribution in [0.5, 0.6) is 0 Å². The maximum absolute atomic E-state index is 12.5. The molecule has 0 bridgehead atoms. The molecule has 1 amide bonds. The molecule has 2 aliphatic rings. The SMILES string of the molecule is CC1C(Cc2ccccc2)CCN1C(=O)[C@H]1CSCN1.Cl. The summed E-state index contributed by atoms with van der Waals surface area (Å²) < 4.78 is 0. The van der Waals surface area contributed by atoms with Crippen LogP contribution in [0.2, 0.25) is 0 Å². The number of likely N-dealkylation sites (tertiary alicyclic amines) is 1. The fourth-order valence-electron chi connectivity index (χ4n) is 3.26. The number of nitrogens with one attached hydrogen (secondary N) is 1. The first-order chi connectivity index (χ1) is 9.75. The first-order valence-electron chi connectivity index (χ1n) is 7.41. The zero-order chi connectivity index (χ0) is 13.9. The second-order valence-electron chi connectivity index (χ2n) is 5.78. The number of nitrogens with zero attached hydrogens (tertiary/aromatic N) is 1. The van der Waals surface area contributed by atoms with Gasteiger partial charge in [-0.25, -0.2) is 0 Å². The quantitative estimate of drug-likeness (QED) is 0.926. The Morgan fingerprint density at radius 2 is 2.14 bits per heavy atom. The Morgan fingerprint density at radius 3 is 2.81 bits per heavy atom. The van der Waals surface area contributed by atoms with Gasteiger partial charge in [-0.2, -0.15) is 0 Å². The van der Waals surface area contributed by atoms with Crippen LogP contribution in [-0.4, -0.2) is 41.1 Å². The molecule has 116 valence electrons. The molecule has 1 aromatic carbocycles. The van der Waals surface area contributed by atoms with Gasteiger partial charge in [-0.05, 0) is 31.2 Å². The molecule has 3 rings (SSSR count). The minimum absolute atomic E-state index is 0. The van der Waals surface area contributed by atoms with E-state index in [2.05, 4.69) is 47.5 Å². The average Bonchev–Trinajstić information content (AvgIpc) is 3.11. The highest BCUT2D eigenvalue weighted by Gasteiger charge is 2.37. The highest BCUT2D eigenvalue weighted by Crippen LogP contribution is 2.28. The normalized spacial score (nSPS) is 28.4. The van der Waals surface area contributed by atoms with Crippen LogP contribution in [0.4, 0.5) is 0 Å². The molecule has 2 heterocycles. The molecule has 1 N–H and O–H groups in total. The summed E-state index contributed by atoms with van der Waals surface area (Å²) in [7, 11) is 0. The largest absolute Gasteiger partial charge is 0.338 e. The van der Waals surface area contributed by atoms with E-state index < -0.39 is 0 Å². The van der Waals surface area contributed by atoms with Gasteiger partial charge in [0.2, 0.25) is 5.91 Å². The van der Waals surface area contributed by atoms with E-state index in [1.54, 1.807) is 0 Å². The van der Waals surface area contributed by atoms with Gasteiger partial charge in [0.15, 0.2) is 0 Å². The number of benzene rings is 1. The zero-order valence-corrected chi connectivity index (χ0v) is 14.0. The van der Waals surface area contributed by atoms with E-state index in [-0.39, 0.29) is 18.4 Å². The van der Waals surface area contributed by atoms with Gasteiger partial charge in [0.25, 0.3) is 0 Å². The summed E-state index contributed by atoms with van der Waals surface area (Å²) in [6, 6.07) is 11.0. The smallest absolute Gasteiger partial charge is 0.240 e. The fraction of sp³-hybridized carbons (Fsp3) is 0.562. The van der Waals surface area contributed by atoms with Gasteiger partial charge in [-0.15, -0.1) is 24.2 Å². The van der Waals surface area contributed by atoms with Crippen molar-refractivity contribution in [2.75, 3.05) is 18.2 Å². The number of amides is 1. The van der Waals surface area contributed by atoms with Crippen molar-refractivity contribution >= 4 is 30.1 Å². The molecule has 2 unspecified atom stereocenters. The number of carbonyl (C=O) groups excluding carboxylic acids is 1. The van der Waals surface area contributed by atoms with Gasteiger partial charge >= 0.3 is 0 Å². The van der Waals surface area contributed by atoms with Crippen molar-refractivity contribution in [3.05, 3.63) is 35.9 Å². The average molecular weight is 327 g/mol. The summed E-state index contributed by atoms with van der Waals surface area (Å²) >= 11 is 1.82. The summed E-state index contributed by atoms with van der Waals surface area (Å²) in [5, 5.41) is 3.29. The predicted octanol–water partition coefficient (Wildman–Crippen LogP) is 2.55. The van der Waals surface area contributed by atoms with Crippen molar-refractivity contribution in [3.8, 4) is 0 Å². The minimum atomic E-state index is 0. The summed E-state index contributed by atoms with van der Waals surface area (Å²) in [5.74, 6) is 2.73. The van der Waals surface area contributed by atoms with Gasteiger partial charge in [0.1, 0.15) is 0 Å². The molecule has 5 heteroatoms. The second kappa shape index (κ2) is 7.52. The lowest BCUT2D eigenvalue weighted by molar-refractivity contribution is -0.133. The van der Waals surface area contributed by atoms with Crippen LogP contribution in [-0.2, 0) is 11.2 Å². The van der Waals surface area contributed by atoms with Crippen molar-refractivity contribution in [3.63, 3.8) is 0 Å². The first kappa shape index (κ1) is 16.7. The van der Waals surface area contributed by atoms with Crippen LogP contribution in [0.3, 0.4) is 0 Å². The van der Waals surface area contributed by atoms with Gasteiger partial charge in [0.05, 0.1) is 6.04 Å². The monoisotopic (exact) mass is 326 g/mol. The Hall–Kier alpha value is -0.710. The Kier molecular flexibility index (Phi) is 5.97. The topological polar surface area (TPSA) is 32.3 Å². The molecule has 0 aliphatic carbocycles. The third-order valence-electron chi connectivity index (χ3n) is 4.55. The molecule has 2 fully saturated rings. The number of thioether (sulfide) groups is 1. The molecule has 3 atom stereocenters. The summed E-state index contributed by atoms with van der Waals surface area (Å²) in [4.78, 5) is 14.6. The van der Waals surface area contributed by atoms with Crippen molar-refractivity contribution in [1.29, 1.82) is 0 Å². The molecule has 0 spiro atoms. The summed E-state index contributed by atoms with van der Waals surface area (Å²) in [6.45, 7) is 3.13. The van der Waals surface area contributed by atoms with Crippen LogP contribution >= 0.6 is 24.2 Å². The van der Waals surface area contributed by atoms with Gasteiger partial charge in [-0.3, -0.25) is 10.1 Å². The van der Waals surface area contributed by atoms with Crippen molar-refractivity contribution in [2.45, 2.75) is 31.8 Å². The molecule has 21 heavy (non-hydrogen) atoms.